The molecule has 2 aromatic rings. The highest BCUT2D eigenvalue weighted by atomic mass is 16.5. The van der Waals surface area contributed by atoms with Crippen LogP contribution >= 0.6 is 0 Å². The number of carbonyl (C=O) groups is 1. The number of aryl methyl sites for hydroxylation is 2. The van der Waals surface area contributed by atoms with Crippen LogP contribution in [0.2, 0.25) is 0 Å². The Hall–Kier alpha value is -2.22. The van der Waals surface area contributed by atoms with Crippen LogP contribution in [-0.2, 0) is 6.54 Å². The van der Waals surface area contributed by atoms with Crippen molar-refractivity contribution in [2.24, 2.45) is 0 Å². The van der Waals surface area contributed by atoms with Crippen LogP contribution in [-0.4, -0.2) is 56.5 Å². The first-order valence-corrected chi connectivity index (χ1v) is 8.81. The summed E-state index contributed by atoms with van der Waals surface area (Å²) in [6, 6.07) is 0.403. The molecule has 0 unspecified atom stereocenters. The summed E-state index contributed by atoms with van der Waals surface area (Å²) in [4.78, 5) is 25.2. The molecule has 1 aliphatic heterocycles. The molecule has 1 fully saturated rings. The van der Waals surface area contributed by atoms with Gasteiger partial charge in [0.05, 0.1) is 6.54 Å². The molecule has 8 nitrogen and oxygen atoms in total. The van der Waals surface area contributed by atoms with Gasteiger partial charge < -0.3 is 13.8 Å². The maximum Gasteiger partial charge on any atom is 0.276 e. The standard InChI is InChI=1S/C17H25N5O3/c1-4-21(10-15-19-13(3)25-20-15)14-6-5-8-22(9-7-14)17(23)16-12(2)24-11-18-16/h11,14H,4-10H2,1-3H3/t14-/m0/s1. The smallest absolute Gasteiger partial charge is 0.276 e. The third kappa shape index (κ3) is 4.07. The van der Waals surface area contributed by atoms with Gasteiger partial charge in [0.1, 0.15) is 5.76 Å². The Morgan fingerprint density at radius 3 is 2.84 bits per heavy atom. The van der Waals surface area contributed by atoms with Gasteiger partial charge in [-0.05, 0) is 32.7 Å². The summed E-state index contributed by atoms with van der Waals surface area (Å²) in [6.45, 7) is 8.77. The molecule has 25 heavy (non-hydrogen) atoms. The Kier molecular flexibility index (Phi) is 5.47. The summed E-state index contributed by atoms with van der Waals surface area (Å²) in [7, 11) is 0. The van der Waals surface area contributed by atoms with Crippen molar-refractivity contribution in [3.05, 3.63) is 29.6 Å². The zero-order chi connectivity index (χ0) is 17.8. The molecule has 0 saturated carbocycles. The predicted octanol–water partition coefficient (Wildman–Crippen LogP) is 2.19. The van der Waals surface area contributed by atoms with Crippen molar-refractivity contribution in [2.45, 2.75) is 52.6 Å². The Bertz CT molecular complexity index is 711. The zero-order valence-electron chi connectivity index (χ0n) is 15.1. The minimum atomic E-state index is -0.0382. The van der Waals surface area contributed by atoms with Gasteiger partial charge in [0.15, 0.2) is 17.9 Å². The number of carbonyl (C=O) groups excluding carboxylic acids is 1. The highest BCUT2D eigenvalue weighted by molar-refractivity contribution is 5.93. The largest absolute Gasteiger partial charge is 0.448 e. The Morgan fingerprint density at radius 2 is 2.20 bits per heavy atom. The minimum Gasteiger partial charge on any atom is -0.448 e. The van der Waals surface area contributed by atoms with Crippen LogP contribution in [0.5, 0.6) is 0 Å². The molecule has 1 aliphatic rings. The first kappa shape index (κ1) is 17.6. The second-order valence-electron chi connectivity index (χ2n) is 6.43. The van der Waals surface area contributed by atoms with Gasteiger partial charge in [-0.2, -0.15) is 4.98 Å². The fourth-order valence-corrected chi connectivity index (χ4v) is 3.39. The van der Waals surface area contributed by atoms with Crippen molar-refractivity contribution >= 4 is 5.91 Å². The summed E-state index contributed by atoms with van der Waals surface area (Å²) in [5.74, 6) is 1.85. The van der Waals surface area contributed by atoms with E-state index in [9.17, 15) is 4.79 Å². The second kappa shape index (κ2) is 7.77. The Morgan fingerprint density at radius 1 is 1.36 bits per heavy atom. The van der Waals surface area contributed by atoms with Gasteiger partial charge in [-0.15, -0.1) is 0 Å². The molecule has 3 heterocycles. The van der Waals surface area contributed by atoms with Crippen LogP contribution in [0.25, 0.3) is 0 Å². The fraction of sp³-hybridized carbons (Fsp3) is 0.647. The van der Waals surface area contributed by atoms with E-state index in [0.717, 1.165) is 44.7 Å². The topological polar surface area (TPSA) is 88.5 Å². The zero-order valence-corrected chi connectivity index (χ0v) is 15.1. The number of hydrogen-bond acceptors (Lipinski definition) is 7. The average molecular weight is 347 g/mol. The van der Waals surface area contributed by atoms with Gasteiger partial charge in [-0.1, -0.05) is 12.1 Å². The van der Waals surface area contributed by atoms with E-state index in [0.29, 0.717) is 29.9 Å². The maximum atomic E-state index is 12.6. The number of aromatic nitrogens is 3. The molecule has 3 rings (SSSR count). The summed E-state index contributed by atoms with van der Waals surface area (Å²) in [6.07, 6.45) is 4.27. The van der Waals surface area contributed by atoms with Crippen molar-refractivity contribution in [1.29, 1.82) is 0 Å². The first-order chi connectivity index (χ1) is 12.1. The van der Waals surface area contributed by atoms with E-state index in [1.807, 2.05) is 4.90 Å². The van der Waals surface area contributed by atoms with Crippen molar-refractivity contribution in [1.82, 2.24) is 24.9 Å². The third-order valence-electron chi connectivity index (χ3n) is 4.77. The van der Waals surface area contributed by atoms with Crippen molar-refractivity contribution in [2.75, 3.05) is 19.6 Å². The molecular formula is C17H25N5O3. The highest BCUT2D eigenvalue weighted by Crippen LogP contribution is 2.20. The van der Waals surface area contributed by atoms with E-state index in [-0.39, 0.29) is 5.91 Å². The van der Waals surface area contributed by atoms with Gasteiger partial charge in [0.2, 0.25) is 5.89 Å². The monoisotopic (exact) mass is 347 g/mol. The van der Waals surface area contributed by atoms with E-state index < -0.39 is 0 Å². The minimum absolute atomic E-state index is 0.0382. The van der Waals surface area contributed by atoms with E-state index >= 15 is 0 Å². The van der Waals surface area contributed by atoms with Crippen LogP contribution in [0.15, 0.2) is 15.3 Å². The van der Waals surface area contributed by atoms with Crippen LogP contribution in [0, 0.1) is 13.8 Å². The van der Waals surface area contributed by atoms with Crippen LogP contribution in [0.4, 0.5) is 0 Å². The second-order valence-corrected chi connectivity index (χ2v) is 6.43. The van der Waals surface area contributed by atoms with Gasteiger partial charge in [-0.25, -0.2) is 4.98 Å². The Balaban J connectivity index is 1.62. The molecule has 136 valence electrons. The van der Waals surface area contributed by atoms with Gasteiger partial charge in [-0.3, -0.25) is 9.69 Å². The summed E-state index contributed by atoms with van der Waals surface area (Å²) in [5.41, 5.74) is 0.424. The molecule has 0 radical (unpaired) electrons. The SMILES string of the molecule is CCN(Cc1noc(C)n1)[C@H]1CCCN(C(=O)c2ncoc2C)CC1. The molecule has 8 heteroatoms. The van der Waals surface area contributed by atoms with Crippen LogP contribution < -0.4 is 0 Å². The number of hydrogen-bond donors (Lipinski definition) is 0. The molecule has 1 amide bonds. The lowest BCUT2D eigenvalue weighted by Crippen LogP contribution is -2.37. The van der Waals surface area contributed by atoms with Gasteiger partial charge >= 0.3 is 0 Å². The van der Waals surface area contributed by atoms with Crippen molar-refractivity contribution < 1.29 is 13.7 Å². The van der Waals surface area contributed by atoms with Gasteiger partial charge in [0.25, 0.3) is 5.91 Å². The molecule has 1 saturated heterocycles. The number of nitrogens with zero attached hydrogens (tertiary/aromatic N) is 5. The number of amides is 1. The molecule has 0 aromatic carbocycles. The van der Waals surface area contributed by atoms with Crippen molar-refractivity contribution in [3.8, 4) is 0 Å². The highest BCUT2D eigenvalue weighted by Gasteiger charge is 2.27. The number of rotatable bonds is 5. The Labute approximate surface area is 147 Å². The summed E-state index contributed by atoms with van der Waals surface area (Å²) < 4.78 is 10.2. The van der Waals surface area contributed by atoms with E-state index in [1.165, 1.54) is 6.39 Å². The molecular weight excluding hydrogens is 322 g/mol. The quantitative estimate of drug-likeness (QED) is 0.819. The molecule has 2 aromatic heterocycles. The molecule has 0 aliphatic carbocycles. The molecule has 0 N–H and O–H groups in total. The fourth-order valence-electron chi connectivity index (χ4n) is 3.39. The number of oxazole rings is 1. The molecule has 1 atom stereocenters. The lowest BCUT2D eigenvalue weighted by molar-refractivity contribution is 0.0749. The van der Waals surface area contributed by atoms with Crippen LogP contribution in [0.1, 0.15) is 54.2 Å². The normalized spacial score (nSPS) is 18.6. The number of likely N-dealkylation sites (tertiary alicyclic amines) is 1. The van der Waals surface area contributed by atoms with E-state index in [2.05, 4.69) is 26.9 Å². The predicted molar refractivity (Wildman–Crippen MR) is 89.9 cm³/mol. The van der Waals surface area contributed by atoms with Crippen molar-refractivity contribution in [3.63, 3.8) is 0 Å². The first-order valence-electron chi connectivity index (χ1n) is 8.81. The molecule has 0 bridgehead atoms. The molecule has 0 spiro atoms. The third-order valence-corrected chi connectivity index (χ3v) is 4.77. The lowest BCUT2D eigenvalue weighted by Gasteiger charge is -2.28. The average Bonchev–Trinajstić information content (AvgIpc) is 3.12. The van der Waals surface area contributed by atoms with E-state index in [4.69, 9.17) is 8.94 Å². The van der Waals surface area contributed by atoms with Gasteiger partial charge in [0, 0.05) is 26.1 Å². The van der Waals surface area contributed by atoms with Crippen LogP contribution in [0.3, 0.4) is 0 Å². The maximum absolute atomic E-state index is 12.6. The summed E-state index contributed by atoms with van der Waals surface area (Å²) >= 11 is 0. The lowest BCUT2D eigenvalue weighted by atomic mass is 10.1. The van der Waals surface area contributed by atoms with E-state index in [1.54, 1.807) is 13.8 Å². The summed E-state index contributed by atoms with van der Waals surface area (Å²) in [5, 5.41) is 4.00.